The molecule has 23 heavy (non-hydrogen) atoms. The number of hydrogen-bond acceptors (Lipinski definition) is 3. The number of hydrogen-bond donors (Lipinski definition) is 1. The Bertz CT molecular complexity index is 812. The summed E-state index contributed by atoms with van der Waals surface area (Å²) in [6.07, 6.45) is 3.19. The van der Waals surface area contributed by atoms with Crippen LogP contribution in [0, 0.1) is 12.7 Å². The highest BCUT2D eigenvalue weighted by molar-refractivity contribution is 5.95. The number of carbonyl (C=O) groups is 1. The normalized spacial score (nSPS) is 10.5. The van der Waals surface area contributed by atoms with Crippen molar-refractivity contribution >= 4 is 5.91 Å². The fourth-order valence-electron chi connectivity index (χ4n) is 2.22. The molecule has 3 aromatic rings. The largest absolute Gasteiger partial charge is 0.348 e. The van der Waals surface area contributed by atoms with E-state index >= 15 is 0 Å². The van der Waals surface area contributed by atoms with Crippen molar-refractivity contribution in [1.29, 1.82) is 0 Å². The predicted octanol–water partition coefficient (Wildman–Crippen LogP) is 2.64. The van der Waals surface area contributed by atoms with Gasteiger partial charge in [0, 0.05) is 12.7 Å². The number of nitrogens with one attached hydrogen (secondary N) is 1. The minimum absolute atomic E-state index is 0.228. The van der Waals surface area contributed by atoms with Gasteiger partial charge < -0.3 is 5.32 Å². The quantitative estimate of drug-likeness (QED) is 0.806. The van der Waals surface area contributed by atoms with Crippen molar-refractivity contribution in [3.63, 3.8) is 0 Å². The summed E-state index contributed by atoms with van der Waals surface area (Å²) in [6.45, 7) is 2.14. The lowest BCUT2D eigenvalue weighted by molar-refractivity contribution is 0.0950. The highest BCUT2D eigenvalue weighted by atomic mass is 19.1. The Morgan fingerprint density at radius 1 is 1.22 bits per heavy atom. The van der Waals surface area contributed by atoms with E-state index in [1.54, 1.807) is 23.0 Å². The molecule has 0 spiro atoms. The summed E-state index contributed by atoms with van der Waals surface area (Å²) >= 11 is 0. The van der Waals surface area contributed by atoms with Crippen molar-refractivity contribution in [1.82, 2.24) is 20.1 Å². The molecule has 2 aromatic heterocycles. The summed E-state index contributed by atoms with van der Waals surface area (Å²) in [7, 11) is 0. The number of amides is 1. The molecule has 0 aliphatic heterocycles. The van der Waals surface area contributed by atoms with Crippen LogP contribution in [0.3, 0.4) is 0 Å². The van der Waals surface area contributed by atoms with Gasteiger partial charge in [-0.3, -0.25) is 4.79 Å². The summed E-state index contributed by atoms with van der Waals surface area (Å²) in [4.78, 5) is 16.5. The van der Waals surface area contributed by atoms with Crippen LogP contribution in [0.1, 0.15) is 21.6 Å². The number of benzene rings is 1. The lowest BCUT2D eigenvalue weighted by Crippen LogP contribution is -2.23. The van der Waals surface area contributed by atoms with Crippen LogP contribution < -0.4 is 5.32 Å². The van der Waals surface area contributed by atoms with Crippen molar-refractivity contribution in [3.05, 3.63) is 77.5 Å². The molecule has 0 saturated heterocycles. The van der Waals surface area contributed by atoms with E-state index in [0.29, 0.717) is 23.6 Å². The van der Waals surface area contributed by atoms with Gasteiger partial charge in [0.15, 0.2) is 5.82 Å². The van der Waals surface area contributed by atoms with Gasteiger partial charge in [-0.15, -0.1) is 0 Å². The first kappa shape index (κ1) is 14.9. The number of halogens is 1. The van der Waals surface area contributed by atoms with Gasteiger partial charge in [-0.2, -0.15) is 5.10 Å². The maximum Gasteiger partial charge on any atom is 0.255 e. The van der Waals surface area contributed by atoms with E-state index in [1.165, 1.54) is 18.3 Å². The van der Waals surface area contributed by atoms with Gasteiger partial charge in [0.25, 0.3) is 5.91 Å². The molecule has 0 atom stereocenters. The van der Waals surface area contributed by atoms with Crippen molar-refractivity contribution in [3.8, 4) is 5.82 Å². The number of aromatic nitrogens is 3. The average Bonchev–Trinajstić information content (AvgIpc) is 2.96. The van der Waals surface area contributed by atoms with Crippen LogP contribution in [0.5, 0.6) is 0 Å². The molecule has 0 fully saturated rings. The first-order valence-corrected chi connectivity index (χ1v) is 7.14. The SMILES string of the molecule is Cc1c(C(=O)NCc2ccc(F)cc2)cnn1-c1ccccn1. The Balaban J connectivity index is 1.73. The third-order valence-corrected chi connectivity index (χ3v) is 3.49. The summed E-state index contributed by atoms with van der Waals surface area (Å²) in [5.74, 6) is 0.129. The zero-order valence-electron chi connectivity index (χ0n) is 12.5. The Morgan fingerprint density at radius 3 is 2.70 bits per heavy atom. The maximum atomic E-state index is 12.9. The second-order valence-corrected chi connectivity index (χ2v) is 5.05. The molecular formula is C17H15FN4O. The Labute approximate surface area is 132 Å². The Morgan fingerprint density at radius 2 is 2.00 bits per heavy atom. The molecule has 0 aliphatic rings. The van der Waals surface area contributed by atoms with E-state index in [9.17, 15) is 9.18 Å². The van der Waals surface area contributed by atoms with E-state index in [2.05, 4.69) is 15.4 Å². The summed E-state index contributed by atoms with van der Waals surface area (Å²) < 4.78 is 14.5. The number of nitrogens with zero attached hydrogens (tertiary/aromatic N) is 3. The lowest BCUT2D eigenvalue weighted by Gasteiger charge is -2.06. The summed E-state index contributed by atoms with van der Waals surface area (Å²) in [5.41, 5.74) is 2.02. The molecular weight excluding hydrogens is 295 g/mol. The van der Waals surface area contributed by atoms with Gasteiger partial charge >= 0.3 is 0 Å². The van der Waals surface area contributed by atoms with Crippen molar-refractivity contribution in [2.45, 2.75) is 13.5 Å². The van der Waals surface area contributed by atoms with Crippen LogP contribution in [-0.2, 0) is 6.54 Å². The fraction of sp³-hybridized carbons (Fsp3) is 0.118. The maximum absolute atomic E-state index is 12.9. The molecule has 1 N–H and O–H groups in total. The molecule has 0 unspecified atom stereocenters. The molecule has 0 aliphatic carbocycles. The minimum Gasteiger partial charge on any atom is -0.348 e. The monoisotopic (exact) mass is 310 g/mol. The highest BCUT2D eigenvalue weighted by Crippen LogP contribution is 2.12. The van der Waals surface area contributed by atoms with Crippen LogP contribution >= 0.6 is 0 Å². The molecule has 3 rings (SSSR count). The van der Waals surface area contributed by atoms with E-state index in [0.717, 1.165) is 5.56 Å². The first-order chi connectivity index (χ1) is 11.1. The third kappa shape index (κ3) is 3.26. The molecule has 2 heterocycles. The van der Waals surface area contributed by atoms with Gasteiger partial charge in [0.05, 0.1) is 17.5 Å². The van der Waals surface area contributed by atoms with E-state index in [1.807, 2.05) is 25.1 Å². The molecule has 1 amide bonds. The summed E-state index contributed by atoms with van der Waals surface area (Å²) in [5, 5.41) is 7.02. The highest BCUT2D eigenvalue weighted by Gasteiger charge is 2.15. The van der Waals surface area contributed by atoms with Gasteiger partial charge in [0.2, 0.25) is 0 Å². The molecule has 116 valence electrons. The zero-order chi connectivity index (χ0) is 16.2. The third-order valence-electron chi connectivity index (χ3n) is 3.49. The lowest BCUT2D eigenvalue weighted by atomic mass is 10.2. The zero-order valence-corrected chi connectivity index (χ0v) is 12.5. The van der Waals surface area contributed by atoms with Gasteiger partial charge in [-0.1, -0.05) is 18.2 Å². The molecule has 5 nitrogen and oxygen atoms in total. The van der Waals surface area contributed by atoms with Gasteiger partial charge in [-0.25, -0.2) is 14.1 Å². The van der Waals surface area contributed by atoms with E-state index in [-0.39, 0.29) is 11.7 Å². The van der Waals surface area contributed by atoms with Crippen molar-refractivity contribution in [2.24, 2.45) is 0 Å². The van der Waals surface area contributed by atoms with Crippen LogP contribution in [0.25, 0.3) is 5.82 Å². The van der Waals surface area contributed by atoms with E-state index in [4.69, 9.17) is 0 Å². The molecule has 0 radical (unpaired) electrons. The first-order valence-electron chi connectivity index (χ1n) is 7.14. The number of pyridine rings is 1. The minimum atomic E-state index is -0.299. The van der Waals surface area contributed by atoms with Crippen LogP contribution in [0.15, 0.2) is 54.9 Å². The predicted molar refractivity (Wildman–Crippen MR) is 83.7 cm³/mol. The standard InChI is InChI=1S/C17H15FN4O/c1-12-15(11-21-22(12)16-4-2-3-9-19-16)17(23)20-10-13-5-7-14(18)8-6-13/h2-9,11H,10H2,1H3,(H,20,23). The van der Waals surface area contributed by atoms with Crippen molar-refractivity contribution < 1.29 is 9.18 Å². The van der Waals surface area contributed by atoms with Crippen LogP contribution in [0.2, 0.25) is 0 Å². The van der Waals surface area contributed by atoms with Crippen LogP contribution in [-0.4, -0.2) is 20.7 Å². The van der Waals surface area contributed by atoms with Gasteiger partial charge in [0.1, 0.15) is 5.82 Å². The summed E-state index contributed by atoms with van der Waals surface area (Å²) in [6, 6.07) is 11.5. The second-order valence-electron chi connectivity index (χ2n) is 5.05. The Hall–Kier alpha value is -3.02. The molecule has 1 aromatic carbocycles. The van der Waals surface area contributed by atoms with Crippen LogP contribution in [0.4, 0.5) is 4.39 Å². The second kappa shape index (κ2) is 6.39. The van der Waals surface area contributed by atoms with Gasteiger partial charge in [-0.05, 0) is 36.8 Å². The molecule has 6 heteroatoms. The Kier molecular flexibility index (Phi) is 4.14. The fourth-order valence-corrected chi connectivity index (χ4v) is 2.22. The molecule has 0 saturated carbocycles. The topological polar surface area (TPSA) is 59.8 Å². The average molecular weight is 310 g/mol. The number of rotatable bonds is 4. The van der Waals surface area contributed by atoms with Crippen molar-refractivity contribution in [2.75, 3.05) is 0 Å². The molecule has 0 bridgehead atoms. The smallest absolute Gasteiger partial charge is 0.255 e. The van der Waals surface area contributed by atoms with E-state index < -0.39 is 0 Å². The number of carbonyl (C=O) groups excluding carboxylic acids is 1.